The topological polar surface area (TPSA) is 81.3 Å². The van der Waals surface area contributed by atoms with Gasteiger partial charge in [-0.2, -0.15) is 0 Å². The Morgan fingerprint density at radius 1 is 1.22 bits per heavy atom. The SMILES string of the molecule is CN(Cc1ccoc1)c1ccc(N)c2nonc12. The van der Waals surface area contributed by atoms with E-state index in [-0.39, 0.29) is 0 Å². The van der Waals surface area contributed by atoms with Gasteiger partial charge >= 0.3 is 0 Å². The molecule has 6 nitrogen and oxygen atoms in total. The lowest BCUT2D eigenvalue weighted by molar-refractivity contribution is 0.315. The number of aromatic nitrogens is 2. The minimum atomic E-state index is 0.562. The molecule has 1 aromatic carbocycles. The normalized spacial score (nSPS) is 10.9. The van der Waals surface area contributed by atoms with E-state index in [9.17, 15) is 0 Å². The number of anilines is 2. The Hall–Kier alpha value is -2.50. The first-order chi connectivity index (χ1) is 8.75. The summed E-state index contributed by atoms with van der Waals surface area (Å²) in [7, 11) is 1.96. The average molecular weight is 244 g/mol. The van der Waals surface area contributed by atoms with Crippen LogP contribution in [0.5, 0.6) is 0 Å². The van der Waals surface area contributed by atoms with Crippen LogP contribution < -0.4 is 10.6 Å². The number of fused-ring (bicyclic) bond motifs is 1. The molecular formula is C12H12N4O2. The summed E-state index contributed by atoms with van der Waals surface area (Å²) < 4.78 is 9.80. The fraction of sp³-hybridized carbons (Fsp3) is 0.167. The van der Waals surface area contributed by atoms with E-state index in [0.29, 0.717) is 23.3 Å². The van der Waals surface area contributed by atoms with Crippen LogP contribution in [0.15, 0.2) is 39.8 Å². The Kier molecular flexibility index (Phi) is 2.40. The molecule has 0 aliphatic carbocycles. The summed E-state index contributed by atoms with van der Waals surface area (Å²) in [4.78, 5) is 2.04. The number of nitrogens with two attached hydrogens (primary N) is 1. The zero-order valence-electron chi connectivity index (χ0n) is 9.83. The second kappa shape index (κ2) is 4.06. The second-order valence-corrected chi connectivity index (χ2v) is 4.12. The Balaban J connectivity index is 1.98. The van der Waals surface area contributed by atoms with Crippen molar-refractivity contribution in [1.29, 1.82) is 0 Å². The highest BCUT2D eigenvalue weighted by atomic mass is 16.6. The van der Waals surface area contributed by atoms with Crippen LogP contribution in [0.25, 0.3) is 11.0 Å². The molecule has 6 heteroatoms. The zero-order chi connectivity index (χ0) is 12.5. The van der Waals surface area contributed by atoms with Crippen molar-refractivity contribution in [3.63, 3.8) is 0 Å². The van der Waals surface area contributed by atoms with E-state index in [0.717, 1.165) is 11.3 Å². The molecule has 0 bridgehead atoms. The highest BCUT2D eigenvalue weighted by Gasteiger charge is 2.13. The van der Waals surface area contributed by atoms with Gasteiger partial charge in [0.05, 0.1) is 23.9 Å². The summed E-state index contributed by atoms with van der Waals surface area (Å²) in [6.07, 6.45) is 3.37. The van der Waals surface area contributed by atoms with Crippen LogP contribution in [0.4, 0.5) is 11.4 Å². The van der Waals surface area contributed by atoms with E-state index >= 15 is 0 Å². The first-order valence-corrected chi connectivity index (χ1v) is 5.48. The highest BCUT2D eigenvalue weighted by Crippen LogP contribution is 2.28. The van der Waals surface area contributed by atoms with Crippen molar-refractivity contribution in [3.05, 3.63) is 36.3 Å². The fourth-order valence-electron chi connectivity index (χ4n) is 1.92. The maximum absolute atomic E-state index is 5.81. The predicted molar refractivity (Wildman–Crippen MR) is 67.0 cm³/mol. The fourth-order valence-corrected chi connectivity index (χ4v) is 1.92. The summed E-state index contributed by atoms with van der Waals surface area (Å²) in [5.74, 6) is 0. The highest BCUT2D eigenvalue weighted by molar-refractivity contribution is 5.95. The van der Waals surface area contributed by atoms with Gasteiger partial charge in [0.25, 0.3) is 0 Å². The number of nitrogens with zero attached hydrogens (tertiary/aromatic N) is 3. The maximum atomic E-state index is 5.81. The van der Waals surface area contributed by atoms with Crippen molar-refractivity contribution in [1.82, 2.24) is 10.3 Å². The number of benzene rings is 1. The zero-order valence-corrected chi connectivity index (χ0v) is 9.83. The smallest absolute Gasteiger partial charge is 0.160 e. The monoisotopic (exact) mass is 244 g/mol. The van der Waals surface area contributed by atoms with Gasteiger partial charge < -0.3 is 15.1 Å². The van der Waals surface area contributed by atoms with Crippen molar-refractivity contribution in [2.24, 2.45) is 0 Å². The molecule has 0 saturated carbocycles. The molecule has 0 saturated heterocycles. The van der Waals surface area contributed by atoms with Crippen LogP contribution in [0.1, 0.15) is 5.56 Å². The number of rotatable bonds is 3. The third kappa shape index (κ3) is 1.67. The Bertz CT molecular complexity index is 660. The van der Waals surface area contributed by atoms with E-state index in [1.807, 2.05) is 24.1 Å². The van der Waals surface area contributed by atoms with Gasteiger partial charge in [-0.15, -0.1) is 0 Å². The molecule has 2 N–H and O–H groups in total. The third-order valence-electron chi connectivity index (χ3n) is 2.84. The largest absolute Gasteiger partial charge is 0.472 e. The van der Waals surface area contributed by atoms with Gasteiger partial charge in [0.15, 0.2) is 11.0 Å². The molecule has 3 rings (SSSR count). The molecule has 2 aromatic heterocycles. The van der Waals surface area contributed by atoms with E-state index in [1.54, 1.807) is 18.6 Å². The standard InChI is InChI=1S/C12H12N4O2/c1-16(6-8-4-5-17-7-8)10-3-2-9(13)11-12(10)15-18-14-11/h2-5,7H,6,13H2,1H3. The van der Waals surface area contributed by atoms with E-state index in [2.05, 4.69) is 10.3 Å². The van der Waals surface area contributed by atoms with Gasteiger partial charge in [0.2, 0.25) is 0 Å². The summed E-state index contributed by atoms with van der Waals surface area (Å²) in [5, 5.41) is 7.70. The molecule has 3 aromatic rings. The lowest BCUT2D eigenvalue weighted by atomic mass is 10.2. The van der Waals surface area contributed by atoms with Gasteiger partial charge in [0, 0.05) is 19.2 Å². The summed E-state index contributed by atoms with van der Waals surface area (Å²) in [5.41, 5.74) is 9.63. The Morgan fingerprint density at radius 2 is 2.06 bits per heavy atom. The number of hydrogen-bond donors (Lipinski definition) is 1. The quantitative estimate of drug-likeness (QED) is 0.710. The minimum Gasteiger partial charge on any atom is -0.472 e. The molecule has 92 valence electrons. The van der Waals surface area contributed by atoms with Gasteiger partial charge in [-0.3, -0.25) is 0 Å². The molecule has 0 spiro atoms. The Morgan fingerprint density at radius 3 is 2.83 bits per heavy atom. The summed E-state index contributed by atoms with van der Waals surface area (Å²) in [6, 6.07) is 5.63. The predicted octanol–water partition coefficient (Wildman–Crippen LogP) is 2.03. The maximum Gasteiger partial charge on any atom is 0.160 e. The number of hydrogen-bond acceptors (Lipinski definition) is 6. The van der Waals surface area contributed by atoms with Gasteiger partial charge in [0.1, 0.15) is 0 Å². The van der Waals surface area contributed by atoms with Gasteiger partial charge in [-0.1, -0.05) is 0 Å². The van der Waals surface area contributed by atoms with Crippen LogP contribution in [-0.2, 0) is 6.54 Å². The van der Waals surface area contributed by atoms with Crippen molar-refractivity contribution >= 4 is 22.4 Å². The second-order valence-electron chi connectivity index (χ2n) is 4.12. The number of nitrogen functional groups attached to an aromatic ring is 1. The van der Waals surface area contributed by atoms with E-state index < -0.39 is 0 Å². The van der Waals surface area contributed by atoms with Gasteiger partial charge in [-0.25, -0.2) is 4.63 Å². The average Bonchev–Trinajstić information content (AvgIpc) is 2.99. The van der Waals surface area contributed by atoms with Crippen molar-refractivity contribution in [2.75, 3.05) is 17.7 Å². The molecule has 2 heterocycles. The van der Waals surface area contributed by atoms with E-state index in [1.165, 1.54) is 0 Å². The van der Waals surface area contributed by atoms with Crippen LogP contribution in [0.2, 0.25) is 0 Å². The summed E-state index contributed by atoms with van der Waals surface area (Å²) in [6.45, 7) is 0.711. The first kappa shape index (κ1) is 10.6. The third-order valence-corrected chi connectivity index (χ3v) is 2.84. The molecule has 18 heavy (non-hydrogen) atoms. The van der Waals surface area contributed by atoms with Crippen LogP contribution in [0, 0.1) is 0 Å². The van der Waals surface area contributed by atoms with Crippen molar-refractivity contribution in [2.45, 2.75) is 6.54 Å². The molecule has 0 unspecified atom stereocenters. The van der Waals surface area contributed by atoms with E-state index in [4.69, 9.17) is 14.8 Å². The first-order valence-electron chi connectivity index (χ1n) is 5.48. The molecular weight excluding hydrogens is 232 g/mol. The van der Waals surface area contributed by atoms with Crippen molar-refractivity contribution in [3.8, 4) is 0 Å². The molecule has 0 radical (unpaired) electrons. The lowest BCUT2D eigenvalue weighted by Crippen LogP contribution is -2.16. The number of furan rings is 1. The Labute approximate surface area is 103 Å². The van der Waals surface area contributed by atoms with Crippen molar-refractivity contribution < 1.29 is 9.05 Å². The molecule has 0 aliphatic heterocycles. The lowest BCUT2D eigenvalue weighted by Gasteiger charge is -2.18. The molecule has 0 aliphatic rings. The minimum absolute atomic E-state index is 0.562. The summed E-state index contributed by atoms with van der Waals surface area (Å²) >= 11 is 0. The molecule has 0 atom stereocenters. The van der Waals surface area contributed by atoms with Crippen LogP contribution in [0.3, 0.4) is 0 Å². The van der Waals surface area contributed by atoms with Crippen LogP contribution >= 0.6 is 0 Å². The van der Waals surface area contributed by atoms with Gasteiger partial charge in [-0.05, 0) is 28.5 Å². The molecule has 0 amide bonds. The van der Waals surface area contributed by atoms with Crippen LogP contribution in [-0.4, -0.2) is 17.4 Å². The molecule has 0 fully saturated rings.